The second-order valence-electron chi connectivity index (χ2n) is 4.97. The largest absolute Gasteiger partial charge is 0.396 e. The van der Waals surface area contributed by atoms with Crippen LogP contribution in [0.1, 0.15) is 32.3 Å². The van der Waals surface area contributed by atoms with Crippen LogP contribution in [0, 0.1) is 5.92 Å². The molecule has 0 aliphatic rings. The summed E-state index contributed by atoms with van der Waals surface area (Å²) in [6.07, 6.45) is 1.19. The van der Waals surface area contributed by atoms with Crippen molar-refractivity contribution in [1.82, 2.24) is 5.32 Å². The van der Waals surface area contributed by atoms with E-state index in [1.165, 1.54) is 0 Å². The minimum absolute atomic E-state index is 0.0997. The topological polar surface area (TPSA) is 58.6 Å². The summed E-state index contributed by atoms with van der Waals surface area (Å²) in [6.45, 7) is 5.00. The van der Waals surface area contributed by atoms with Crippen LogP contribution in [0.2, 0.25) is 0 Å². The number of hydrogen-bond donors (Lipinski definition) is 2. The van der Waals surface area contributed by atoms with Crippen molar-refractivity contribution >= 4 is 5.91 Å². The van der Waals surface area contributed by atoms with Crippen LogP contribution in [-0.2, 0) is 16.1 Å². The van der Waals surface area contributed by atoms with Crippen LogP contribution in [0.4, 0.5) is 0 Å². The van der Waals surface area contributed by atoms with E-state index in [0.29, 0.717) is 19.1 Å². The Labute approximate surface area is 121 Å². The first-order chi connectivity index (χ1) is 9.67. The Morgan fingerprint density at radius 2 is 2.05 bits per heavy atom. The molecule has 112 valence electrons. The second-order valence-corrected chi connectivity index (χ2v) is 4.97. The molecule has 0 spiro atoms. The van der Waals surface area contributed by atoms with E-state index in [0.717, 1.165) is 18.4 Å². The molecule has 0 aliphatic carbocycles. The van der Waals surface area contributed by atoms with Crippen molar-refractivity contribution in [2.45, 2.75) is 39.4 Å². The van der Waals surface area contributed by atoms with Crippen molar-refractivity contribution in [2.75, 3.05) is 13.2 Å². The van der Waals surface area contributed by atoms with E-state index in [-0.39, 0.29) is 12.5 Å². The third kappa shape index (κ3) is 6.17. The molecule has 1 aromatic rings. The second kappa shape index (κ2) is 9.50. The molecule has 0 aliphatic heterocycles. The zero-order valence-electron chi connectivity index (χ0n) is 12.3. The number of carbonyl (C=O) groups is 1. The molecule has 0 bridgehead atoms. The highest BCUT2D eigenvalue weighted by Crippen LogP contribution is 2.07. The number of carbonyl (C=O) groups excluding carboxylic acids is 1. The molecule has 1 aromatic carbocycles. The van der Waals surface area contributed by atoms with Gasteiger partial charge >= 0.3 is 0 Å². The van der Waals surface area contributed by atoms with Gasteiger partial charge in [-0.25, -0.2) is 0 Å². The summed E-state index contributed by atoms with van der Waals surface area (Å²) in [5, 5.41) is 11.8. The molecule has 1 rings (SSSR count). The number of ether oxygens (including phenoxy) is 1. The number of rotatable bonds is 9. The normalized spacial score (nSPS) is 13.8. The van der Waals surface area contributed by atoms with Crippen molar-refractivity contribution in [3.05, 3.63) is 35.9 Å². The summed E-state index contributed by atoms with van der Waals surface area (Å²) in [6, 6.07) is 9.79. The van der Waals surface area contributed by atoms with Gasteiger partial charge in [0.2, 0.25) is 5.91 Å². The zero-order chi connectivity index (χ0) is 14.8. The van der Waals surface area contributed by atoms with Crippen LogP contribution in [0.15, 0.2) is 30.3 Å². The lowest BCUT2D eigenvalue weighted by molar-refractivity contribution is -0.132. The summed E-state index contributed by atoms with van der Waals surface area (Å²) in [7, 11) is 0. The molecule has 0 heterocycles. The molecule has 2 atom stereocenters. The fourth-order valence-corrected chi connectivity index (χ4v) is 1.89. The molecule has 4 nitrogen and oxygen atoms in total. The highest BCUT2D eigenvalue weighted by Gasteiger charge is 2.15. The fraction of sp³-hybridized carbons (Fsp3) is 0.562. The van der Waals surface area contributed by atoms with E-state index in [4.69, 9.17) is 9.84 Å². The predicted octanol–water partition coefficient (Wildman–Crippen LogP) is 2.12. The Morgan fingerprint density at radius 3 is 2.65 bits per heavy atom. The van der Waals surface area contributed by atoms with Gasteiger partial charge in [-0.15, -0.1) is 0 Å². The fourth-order valence-electron chi connectivity index (χ4n) is 1.89. The van der Waals surface area contributed by atoms with Gasteiger partial charge in [-0.3, -0.25) is 4.79 Å². The highest BCUT2D eigenvalue weighted by molar-refractivity contribution is 5.80. The SMILES string of the molecule is CCC(CCO)CNC(=O)C(C)OCc1ccccc1. The van der Waals surface area contributed by atoms with Crippen molar-refractivity contribution in [1.29, 1.82) is 0 Å². The van der Waals surface area contributed by atoms with E-state index in [2.05, 4.69) is 12.2 Å². The third-order valence-corrected chi connectivity index (χ3v) is 3.39. The van der Waals surface area contributed by atoms with Gasteiger partial charge in [0.15, 0.2) is 0 Å². The van der Waals surface area contributed by atoms with Crippen molar-refractivity contribution in [2.24, 2.45) is 5.92 Å². The summed E-state index contributed by atoms with van der Waals surface area (Å²) in [5.74, 6) is 0.225. The molecule has 2 unspecified atom stereocenters. The summed E-state index contributed by atoms with van der Waals surface area (Å²) in [5.41, 5.74) is 1.05. The van der Waals surface area contributed by atoms with E-state index in [9.17, 15) is 4.79 Å². The zero-order valence-corrected chi connectivity index (χ0v) is 12.3. The smallest absolute Gasteiger partial charge is 0.248 e. The van der Waals surface area contributed by atoms with E-state index < -0.39 is 6.10 Å². The first-order valence-electron chi connectivity index (χ1n) is 7.21. The van der Waals surface area contributed by atoms with Crippen LogP contribution < -0.4 is 5.32 Å². The Morgan fingerprint density at radius 1 is 1.35 bits per heavy atom. The monoisotopic (exact) mass is 279 g/mol. The van der Waals surface area contributed by atoms with Gasteiger partial charge in [0.1, 0.15) is 6.10 Å². The number of amides is 1. The number of hydrogen-bond acceptors (Lipinski definition) is 3. The molecular weight excluding hydrogens is 254 g/mol. The van der Waals surface area contributed by atoms with Crippen LogP contribution in [0.3, 0.4) is 0 Å². The maximum Gasteiger partial charge on any atom is 0.248 e. The van der Waals surface area contributed by atoms with Crippen LogP contribution in [0.5, 0.6) is 0 Å². The molecule has 2 N–H and O–H groups in total. The average Bonchev–Trinajstić information content (AvgIpc) is 2.49. The van der Waals surface area contributed by atoms with Gasteiger partial charge in [-0.05, 0) is 24.8 Å². The highest BCUT2D eigenvalue weighted by atomic mass is 16.5. The van der Waals surface area contributed by atoms with Crippen molar-refractivity contribution < 1.29 is 14.6 Å². The average molecular weight is 279 g/mol. The molecule has 4 heteroatoms. The van der Waals surface area contributed by atoms with Crippen LogP contribution in [0.25, 0.3) is 0 Å². The Balaban J connectivity index is 2.28. The lowest BCUT2D eigenvalue weighted by Crippen LogP contribution is -2.37. The quantitative estimate of drug-likeness (QED) is 0.728. The lowest BCUT2D eigenvalue weighted by atomic mass is 10.0. The van der Waals surface area contributed by atoms with Crippen molar-refractivity contribution in [3.8, 4) is 0 Å². The van der Waals surface area contributed by atoms with Crippen molar-refractivity contribution in [3.63, 3.8) is 0 Å². The summed E-state index contributed by atoms with van der Waals surface area (Å²) < 4.78 is 5.55. The first kappa shape index (κ1) is 16.7. The third-order valence-electron chi connectivity index (χ3n) is 3.39. The molecule has 0 fully saturated rings. The van der Waals surface area contributed by atoms with E-state index in [1.807, 2.05) is 30.3 Å². The van der Waals surface area contributed by atoms with Gasteiger partial charge in [0, 0.05) is 13.2 Å². The maximum atomic E-state index is 11.9. The number of aliphatic hydroxyl groups is 1. The number of nitrogens with one attached hydrogen (secondary N) is 1. The van der Waals surface area contributed by atoms with E-state index in [1.54, 1.807) is 6.92 Å². The van der Waals surface area contributed by atoms with Gasteiger partial charge in [0.05, 0.1) is 6.61 Å². The first-order valence-corrected chi connectivity index (χ1v) is 7.21. The molecular formula is C16H25NO3. The van der Waals surface area contributed by atoms with Gasteiger partial charge in [-0.1, -0.05) is 43.7 Å². The molecule has 20 heavy (non-hydrogen) atoms. The van der Waals surface area contributed by atoms with Gasteiger partial charge in [-0.2, -0.15) is 0 Å². The molecule has 0 aromatic heterocycles. The summed E-state index contributed by atoms with van der Waals surface area (Å²) >= 11 is 0. The molecule has 0 saturated heterocycles. The Bertz CT molecular complexity index is 381. The maximum absolute atomic E-state index is 11.9. The lowest BCUT2D eigenvalue weighted by Gasteiger charge is -2.17. The predicted molar refractivity (Wildman–Crippen MR) is 79.2 cm³/mol. The standard InChI is InChI=1S/C16H25NO3/c1-3-14(9-10-18)11-17-16(19)13(2)20-12-15-7-5-4-6-8-15/h4-8,13-14,18H,3,9-12H2,1-2H3,(H,17,19). The Kier molecular flexibility index (Phi) is 7.92. The van der Waals surface area contributed by atoms with Crippen LogP contribution in [-0.4, -0.2) is 30.3 Å². The number of benzene rings is 1. The van der Waals surface area contributed by atoms with Gasteiger partial charge in [0.25, 0.3) is 0 Å². The minimum atomic E-state index is -0.471. The minimum Gasteiger partial charge on any atom is -0.396 e. The number of aliphatic hydroxyl groups excluding tert-OH is 1. The summed E-state index contributed by atoms with van der Waals surface area (Å²) in [4.78, 5) is 11.9. The Hall–Kier alpha value is -1.39. The van der Waals surface area contributed by atoms with Gasteiger partial charge < -0.3 is 15.2 Å². The molecule has 1 amide bonds. The van der Waals surface area contributed by atoms with Crippen LogP contribution >= 0.6 is 0 Å². The molecule has 0 saturated carbocycles. The molecule has 0 radical (unpaired) electrons. The van der Waals surface area contributed by atoms with E-state index >= 15 is 0 Å².